The average molecular weight is 287 g/mol. The number of hydrogen-bond donors (Lipinski definition) is 2. The van der Waals surface area contributed by atoms with Crippen molar-refractivity contribution < 1.29 is 0 Å². The number of rotatable bonds is 1. The minimum atomic E-state index is 0.149. The van der Waals surface area contributed by atoms with Gasteiger partial charge in [-0.2, -0.15) is 10.5 Å². The average Bonchev–Trinajstić information content (AvgIpc) is 2.39. The molecule has 0 bridgehead atoms. The SMILES string of the molecule is N#Cc1c(N)[nH]c(=S)c(C#N)c1-c1ccc(Cl)cc1. The summed E-state index contributed by atoms with van der Waals surface area (Å²) in [5, 5.41) is 19.0. The number of nitrogens with two attached hydrogens (primary N) is 1. The normalized spacial score (nSPS) is 9.63. The molecule has 0 aliphatic rings. The molecular formula is C13H7ClN4S. The maximum atomic E-state index is 9.21. The summed E-state index contributed by atoms with van der Waals surface area (Å²) in [5.41, 5.74) is 7.27. The van der Waals surface area contributed by atoms with Crippen LogP contribution in [0, 0.1) is 27.3 Å². The number of nitriles is 2. The lowest BCUT2D eigenvalue weighted by Crippen LogP contribution is -2.01. The van der Waals surface area contributed by atoms with Crippen LogP contribution < -0.4 is 5.73 Å². The zero-order valence-electron chi connectivity index (χ0n) is 9.57. The molecule has 1 aromatic carbocycles. The predicted octanol–water partition coefficient (Wildman–Crippen LogP) is 3.39. The zero-order valence-corrected chi connectivity index (χ0v) is 11.1. The summed E-state index contributed by atoms with van der Waals surface area (Å²) in [6.45, 7) is 0. The van der Waals surface area contributed by atoms with Gasteiger partial charge in [-0.15, -0.1) is 0 Å². The zero-order chi connectivity index (χ0) is 14.0. The molecule has 0 radical (unpaired) electrons. The van der Waals surface area contributed by atoms with E-state index < -0.39 is 0 Å². The number of nitrogens with zero attached hydrogens (tertiary/aromatic N) is 2. The third-order valence-electron chi connectivity index (χ3n) is 2.60. The van der Waals surface area contributed by atoms with Gasteiger partial charge in [-0.25, -0.2) is 0 Å². The summed E-state index contributed by atoms with van der Waals surface area (Å²) < 4.78 is 0.212. The van der Waals surface area contributed by atoms with Crippen molar-refractivity contribution in [2.75, 3.05) is 5.73 Å². The van der Waals surface area contributed by atoms with Crippen molar-refractivity contribution in [3.8, 4) is 23.3 Å². The van der Waals surface area contributed by atoms with Crippen LogP contribution >= 0.6 is 23.8 Å². The number of nitrogen functional groups attached to an aromatic ring is 1. The molecule has 0 saturated carbocycles. The Morgan fingerprint density at radius 1 is 1.11 bits per heavy atom. The number of aromatic amines is 1. The number of halogens is 1. The third-order valence-corrected chi connectivity index (χ3v) is 3.16. The van der Waals surface area contributed by atoms with E-state index >= 15 is 0 Å². The first-order valence-corrected chi connectivity index (χ1v) is 5.99. The largest absolute Gasteiger partial charge is 0.384 e. The van der Waals surface area contributed by atoms with E-state index in [0.29, 0.717) is 16.1 Å². The topological polar surface area (TPSA) is 89.4 Å². The fourth-order valence-corrected chi connectivity index (χ4v) is 2.13. The first-order chi connectivity index (χ1) is 9.08. The molecule has 0 unspecified atom stereocenters. The van der Waals surface area contributed by atoms with Crippen LogP contribution in [-0.4, -0.2) is 4.98 Å². The van der Waals surface area contributed by atoms with E-state index in [1.54, 1.807) is 24.3 Å². The van der Waals surface area contributed by atoms with Crippen LogP contribution in [0.15, 0.2) is 24.3 Å². The first-order valence-electron chi connectivity index (χ1n) is 5.20. The van der Waals surface area contributed by atoms with Crippen molar-refractivity contribution in [2.24, 2.45) is 0 Å². The summed E-state index contributed by atoms with van der Waals surface area (Å²) >= 11 is 10.9. The smallest absolute Gasteiger partial charge is 0.123 e. The minimum Gasteiger partial charge on any atom is -0.384 e. The molecule has 0 saturated heterocycles. The molecule has 0 aliphatic heterocycles. The van der Waals surface area contributed by atoms with Crippen molar-refractivity contribution in [1.82, 2.24) is 4.98 Å². The fraction of sp³-hybridized carbons (Fsp3) is 0. The summed E-state index contributed by atoms with van der Waals surface area (Å²) in [4.78, 5) is 2.65. The van der Waals surface area contributed by atoms with E-state index in [2.05, 4.69) is 4.98 Å². The monoisotopic (exact) mass is 286 g/mol. The Morgan fingerprint density at radius 3 is 2.21 bits per heavy atom. The molecule has 2 rings (SSSR count). The molecule has 4 nitrogen and oxygen atoms in total. The molecule has 1 aromatic heterocycles. The quantitative estimate of drug-likeness (QED) is 0.786. The Morgan fingerprint density at radius 2 is 1.68 bits per heavy atom. The van der Waals surface area contributed by atoms with E-state index in [9.17, 15) is 10.5 Å². The van der Waals surface area contributed by atoms with Gasteiger partial charge in [0.15, 0.2) is 0 Å². The molecule has 0 atom stereocenters. The van der Waals surface area contributed by atoms with Crippen LogP contribution in [0.4, 0.5) is 5.82 Å². The van der Waals surface area contributed by atoms with E-state index in [-0.39, 0.29) is 21.6 Å². The van der Waals surface area contributed by atoms with Crippen LogP contribution in [0.3, 0.4) is 0 Å². The van der Waals surface area contributed by atoms with Crippen LogP contribution in [0.1, 0.15) is 11.1 Å². The van der Waals surface area contributed by atoms with Crippen molar-refractivity contribution in [1.29, 1.82) is 10.5 Å². The molecule has 0 spiro atoms. The number of anilines is 1. The maximum absolute atomic E-state index is 9.21. The van der Waals surface area contributed by atoms with E-state index in [1.807, 2.05) is 12.1 Å². The summed E-state index contributed by atoms with van der Waals surface area (Å²) in [5.74, 6) is 0.149. The van der Waals surface area contributed by atoms with Gasteiger partial charge >= 0.3 is 0 Å². The third kappa shape index (κ3) is 2.30. The molecule has 6 heteroatoms. The second-order valence-corrected chi connectivity index (χ2v) is 4.57. The number of hydrogen-bond acceptors (Lipinski definition) is 4. The van der Waals surface area contributed by atoms with Gasteiger partial charge < -0.3 is 10.7 Å². The van der Waals surface area contributed by atoms with Gasteiger partial charge in [-0.3, -0.25) is 0 Å². The Hall–Kier alpha value is -2.34. The van der Waals surface area contributed by atoms with Gasteiger partial charge in [-0.1, -0.05) is 36.0 Å². The van der Waals surface area contributed by atoms with Crippen LogP contribution in [0.25, 0.3) is 11.1 Å². The molecular weight excluding hydrogens is 280 g/mol. The van der Waals surface area contributed by atoms with E-state index in [1.165, 1.54) is 0 Å². The second-order valence-electron chi connectivity index (χ2n) is 3.72. The highest BCUT2D eigenvalue weighted by atomic mass is 35.5. The summed E-state index contributed by atoms with van der Waals surface area (Å²) in [7, 11) is 0. The summed E-state index contributed by atoms with van der Waals surface area (Å²) in [6, 6.07) is 10.8. The van der Waals surface area contributed by atoms with Gasteiger partial charge in [0, 0.05) is 10.6 Å². The number of nitrogens with one attached hydrogen (secondary N) is 1. The molecule has 3 N–H and O–H groups in total. The Balaban J connectivity index is 2.89. The molecule has 0 aliphatic carbocycles. The standard InChI is InChI=1S/C13H7ClN4S/c14-8-3-1-7(2-4-8)11-9(5-15)12(17)18-13(19)10(11)6-16/h1-4H,(H3,17,18,19). The molecule has 0 amide bonds. The highest BCUT2D eigenvalue weighted by Crippen LogP contribution is 2.31. The minimum absolute atomic E-state index is 0.149. The van der Waals surface area contributed by atoms with Gasteiger partial charge in [0.1, 0.15) is 28.2 Å². The number of benzene rings is 1. The van der Waals surface area contributed by atoms with Crippen molar-refractivity contribution in [3.05, 3.63) is 45.1 Å². The number of H-pyrrole nitrogens is 1. The number of aromatic nitrogens is 1. The molecule has 1 heterocycles. The van der Waals surface area contributed by atoms with E-state index in [0.717, 1.165) is 0 Å². The molecule has 92 valence electrons. The van der Waals surface area contributed by atoms with E-state index in [4.69, 9.17) is 29.6 Å². The van der Waals surface area contributed by atoms with Gasteiger partial charge in [-0.05, 0) is 17.7 Å². The second kappa shape index (κ2) is 5.11. The van der Waals surface area contributed by atoms with Crippen molar-refractivity contribution in [3.63, 3.8) is 0 Å². The van der Waals surface area contributed by atoms with Gasteiger partial charge in [0.2, 0.25) is 0 Å². The van der Waals surface area contributed by atoms with Crippen LogP contribution in [0.5, 0.6) is 0 Å². The summed E-state index contributed by atoms with van der Waals surface area (Å²) in [6.07, 6.45) is 0. The van der Waals surface area contributed by atoms with Crippen molar-refractivity contribution in [2.45, 2.75) is 0 Å². The maximum Gasteiger partial charge on any atom is 0.123 e. The first kappa shape index (κ1) is 13.1. The number of pyridine rings is 1. The van der Waals surface area contributed by atoms with Crippen LogP contribution in [-0.2, 0) is 0 Å². The van der Waals surface area contributed by atoms with Crippen LogP contribution in [0.2, 0.25) is 5.02 Å². The van der Waals surface area contributed by atoms with Crippen molar-refractivity contribution >= 4 is 29.6 Å². The predicted molar refractivity (Wildman–Crippen MR) is 75.9 cm³/mol. The van der Waals surface area contributed by atoms with Gasteiger partial charge in [0.05, 0.1) is 5.56 Å². The molecule has 2 aromatic rings. The molecule has 0 fully saturated rings. The lowest BCUT2D eigenvalue weighted by Gasteiger charge is -2.09. The Bertz CT molecular complexity index is 779. The highest BCUT2D eigenvalue weighted by Gasteiger charge is 2.16. The van der Waals surface area contributed by atoms with Gasteiger partial charge in [0.25, 0.3) is 0 Å². The lowest BCUT2D eigenvalue weighted by molar-refractivity contribution is 1.26. The Kier molecular flexibility index (Phi) is 3.52. The molecule has 19 heavy (non-hydrogen) atoms. The fourth-order valence-electron chi connectivity index (χ4n) is 1.75. The Labute approximate surface area is 119 Å². The lowest BCUT2D eigenvalue weighted by atomic mass is 9.97. The highest BCUT2D eigenvalue weighted by molar-refractivity contribution is 7.71.